The largest absolute Gasteiger partial charge is 0.480 e. The Balaban J connectivity index is 1.63. The number of amides is 1. The number of halogens is 5. The van der Waals surface area contributed by atoms with E-state index in [4.69, 9.17) is 22.1 Å². The van der Waals surface area contributed by atoms with E-state index < -0.39 is 46.1 Å². The van der Waals surface area contributed by atoms with Crippen molar-refractivity contribution in [3.8, 4) is 22.6 Å². The molecule has 1 aliphatic heterocycles. The van der Waals surface area contributed by atoms with Crippen molar-refractivity contribution in [1.82, 2.24) is 5.32 Å². The molecule has 3 aromatic carbocycles. The monoisotopic (exact) mass is 578 g/mol. The van der Waals surface area contributed by atoms with Crippen molar-refractivity contribution in [3.05, 3.63) is 81.9 Å². The number of ether oxygens (including phenoxy) is 2. The van der Waals surface area contributed by atoms with E-state index in [1.807, 2.05) is 30.3 Å². The predicted octanol–water partition coefficient (Wildman–Crippen LogP) is 5.71. The van der Waals surface area contributed by atoms with Crippen LogP contribution < -0.4 is 20.5 Å². The number of primary amides is 1. The summed E-state index contributed by atoms with van der Waals surface area (Å²) < 4.78 is 67.7. The molecule has 0 aromatic heterocycles. The molecule has 212 valence electrons. The first-order valence-corrected chi connectivity index (χ1v) is 13.2. The Morgan fingerprint density at radius 1 is 1.12 bits per heavy atom. The molecule has 0 saturated heterocycles. The van der Waals surface area contributed by atoms with Crippen molar-refractivity contribution >= 4 is 17.5 Å². The molecule has 5 rings (SSSR count). The number of rotatable bonds is 8. The number of carbonyl (C=O) groups is 1. The summed E-state index contributed by atoms with van der Waals surface area (Å²) in [5.41, 5.74) is 4.30. The van der Waals surface area contributed by atoms with Gasteiger partial charge in [-0.2, -0.15) is 8.78 Å². The lowest BCUT2D eigenvalue weighted by Crippen LogP contribution is -2.46. The molecule has 40 heavy (non-hydrogen) atoms. The minimum atomic E-state index is -3.35. The third-order valence-electron chi connectivity index (χ3n) is 7.56. The number of fused-ring (bicyclic) bond motifs is 1. The standard InChI is InChI=1S/C29H27ClF4N2O4/c30-25-20(31)12-22-19(23(25)24-18(27(35)38)10-11-21(26(24)32)39-28(33)34)13-29(40-22,15-4-2-1-3-5-15)14-36-16-6-8-17(37)9-7-16/h1-5,10-12,16-17,28,36-37H,6-9,13-14H2,(H2,35,38)/t16-,17-,29-/m1/s1. The summed E-state index contributed by atoms with van der Waals surface area (Å²) in [6.07, 6.45) is 2.59. The molecule has 0 unspecified atom stereocenters. The Kier molecular flexibility index (Phi) is 7.94. The Labute approximate surface area is 233 Å². The molecule has 0 radical (unpaired) electrons. The van der Waals surface area contributed by atoms with Crippen molar-refractivity contribution in [3.63, 3.8) is 0 Å². The highest BCUT2D eigenvalue weighted by Gasteiger charge is 2.44. The molecule has 4 N–H and O–H groups in total. The number of alkyl halides is 2. The molecule has 0 spiro atoms. The molecular weight excluding hydrogens is 552 g/mol. The van der Waals surface area contributed by atoms with Crippen LogP contribution in [0.5, 0.6) is 11.5 Å². The van der Waals surface area contributed by atoms with Crippen LogP contribution >= 0.6 is 11.6 Å². The molecule has 1 atom stereocenters. The highest BCUT2D eigenvalue weighted by Crippen LogP contribution is 2.50. The van der Waals surface area contributed by atoms with E-state index in [2.05, 4.69) is 10.1 Å². The number of nitrogens with one attached hydrogen (secondary N) is 1. The van der Waals surface area contributed by atoms with Gasteiger partial charge in [-0.15, -0.1) is 0 Å². The second kappa shape index (κ2) is 11.3. The number of nitrogens with two attached hydrogens (primary N) is 1. The van der Waals surface area contributed by atoms with Gasteiger partial charge in [-0.3, -0.25) is 4.79 Å². The van der Waals surface area contributed by atoms with Gasteiger partial charge >= 0.3 is 6.61 Å². The van der Waals surface area contributed by atoms with Crippen molar-refractivity contribution in [1.29, 1.82) is 0 Å². The molecule has 1 amide bonds. The van der Waals surface area contributed by atoms with E-state index in [-0.39, 0.29) is 47.6 Å². The summed E-state index contributed by atoms with van der Waals surface area (Å²) in [5.74, 6) is -4.14. The zero-order valence-electron chi connectivity index (χ0n) is 21.2. The maximum absolute atomic E-state index is 15.7. The molecule has 3 aromatic rings. The lowest BCUT2D eigenvalue weighted by atomic mass is 9.84. The van der Waals surface area contributed by atoms with Gasteiger partial charge in [0, 0.05) is 41.8 Å². The van der Waals surface area contributed by atoms with Crippen molar-refractivity contribution in [2.45, 2.75) is 56.5 Å². The fraction of sp³-hybridized carbons (Fsp3) is 0.345. The van der Waals surface area contributed by atoms with E-state index in [1.54, 1.807) is 0 Å². The molecule has 0 bridgehead atoms. The summed E-state index contributed by atoms with van der Waals surface area (Å²) >= 11 is 6.39. The molecular formula is C29H27ClF4N2O4. The highest BCUT2D eigenvalue weighted by molar-refractivity contribution is 6.34. The average Bonchev–Trinajstić information content (AvgIpc) is 3.30. The summed E-state index contributed by atoms with van der Waals surface area (Å²) in [5, 5.41) is 12.9. The minimum Gasteiger partial charge on any atom is -0.480 e. The number of benzene rings is 3. The summed E-state index contributed by atoms with van der Waals surface area (Å²) in [6, 6.07) is 12.3. The van der Waals surface area contributed by atoms with Crippen LogP contribution in [0.15, 0.2) is 48.5 Å². The normalized spacial score (nSPS) is 22.2. The van der Waals surface area contributed by atoms with Gasteiger partial charge in [0.25, 0.3) is 0 Å². The van der Waals surface area contributed by atoms with Gasteiger partial charge < -0.3 is 25.6 Å². The number of aliphatic hydroxyl groups is 1. The summed E-state index contributed by atoms with van der Waals surface area (Å²) in [4.78, 5) is 12.3. The SMILES string of the molecule is NC(=O)c1ccc(OC(F)F)c(F)c1-c1c(Cl)c(F)cc2c1C[C@@](CN[C@H]1CC[C@H](O)CC1)(c1ccccc1)O2. The fourth-order valence-electron chi connectivity index (χ4n) is 5.59. The number of hydrogen-bond acceptors (Lipinski definition) is 5. The Bertz CT molecular complexity index is 1420. The number of hydrogen-bond donors (Lipinski definition) is 3. The van der Waals surface area contributed by atoms with Crippen molar-refractivity contribution in [2.75, 3.05) is 6.54 Å². The first-order valence-electron chi connectivity index (χ1n) is 12.8. The highest BCUT2D eigenvalue weighted by atomic mass is 35.5. The van der Waals surface area contributed by atoms with Crippen LogP contribution in [0.1, 0.15) is 47.2 Å². The van der Waals surface area contributed by atoms with Crippen LogP contribution in [0.3, 0.4) is 0 Å². The van der Waals surface area contributed by atoms with Crippen LogP contribution in [0, 0.1) is 11.6 Å². The number of carbonyl (C=O) groups excluding carboxylic acids is 1. The van der Waals surface area contributed by atoms with E-state index in [0.717, 1.165) is 36.6 Å². The van der Waals surface area contributed by atoms with Crippen LogP contribution in [0.2, 0.25) is 5.02 Å². The van der Waals surface area contributed by atoms with E-state index in [0.29, 0.717) is 12.8 Å². The average molecular weight is 579 g/mol. The maximum Gasteiger partial charge on any atom is 0.387 e. The van der Waals surface area contributed by atoms with Crippen LogP contribution in [-0.4, -0.2) is 36.3 Å². The summed E-state index contributed by atoms with van der Waals surface area (Å²) in [6.45, 7) is -3.07. The molecule has 1 heterocycles. The van der Waals surface area contributed by atoms with E-state index in [9.17, 15) is 18.7 Å². The molecule has 1 saturated carbocycles. The van der Waals surface area contributed by atoms with Crippen molar-refractivity contribution in [2.24, 2.45) is 5.73 Å². The van der Waals surface area contributed by atoms with Gasteiger partial charge in [0.1, 0.15) is 11.6 Å². The van der Waals surface area contributed by atoms with Crippen LogP contribution in [0.4, 0.5) is 17.6 Å². The molecule has 11 heteroatoms. The molecule has 6 nitrogen and oxygen atoms in total. The molecule has 1 aliphatic carbocycles. The van der Waals surface area contributed by atoms with Gasteiger partial charge in [0.2, 0.25) is 5.91 Å². The van der Waals surface area contributed by atoms with Crippen molar-refractivity contribution < 1.29 is 36.9 Å². The Morgan fingerprint density at radius 2 is 1.82 bits per heavy atom. The van der Waals surface area contributed by atoms with Crippen LogP contribution in [0.25, 0.3) is 11.1 Å². The molecule has 1 fully saturated rings. The smallest absolute Gasteiger partial charge is 0.387 e. The Hall–Kier alpha value is -3.34. The lowest BCUT2D eigenvalue weighted by molar-refractivity contribution is -0.0521. The molecule has 2 aliphatic rings. The second-order valence-electron chi connectivity index (χ2n) is 10.1. The van der Waals surface area contributed by atoms with Gasteiger partial charge in [-0.1, -0.05) is 41.9 Å². The van der Waals surface area contributed by atoms with Gasteiger partial charge in [0.15, 0.2) is 17.2 Å². The zero-order valence-corrected chi connectivity index (χ0v) is 22.0. The predicted molar refractivity (Wildman–Crippen MR) is 141 cm³/mol. The first kappa shape index (κ1) is 28.2. The minimum absolute atomic E-state index is 0.0663. The van der Waals surface area contributed by atoms with E-state index in [1.165, 1.54) is 0 Å². The lowest BCUT2D eigenvalue weighted by Gasteiger charge is -2.34. The topological polar surface area (TPSA) is 93.8 Å². The first-order chi connectivity index (χ1) is 19.1. The second-order valence-corrected chi connectivity index (χ2v) is 10.5. The third kappa shape index (κ3) is 5.35. The van der Waals surface area contributed by atoms with Gasteiger partial charge in [-0.25, -0.2) is 8.78 Å². The number of aliphatic hydroxyl groups excluding tert-OH is 1. The van der Waals surface area contributed by atoms with Gasteiger partial charge in [0.05, 0.1) is 16.7 Å². The quantitative estimate of drug-likeness (QED) is 0.298. The van der Waals surface area contributed by atoms with Gasteiger partial charge in [-0.05, 0) is 43.4 Å². The van der Waals surface area contributed by atoms with Crippen LogP contribution in [-0.2, 0) is 12.0 Å². The maximum atomic E-state index is 15.7. The van der Waals surface area contributed by atoms with E-state index >= 15 is 8.78 Å². The Morgan fingerprint density at radius 3 is 2.48 bits per heavy atom. The zero-order chi connectivity index (χ0) is 28.6. The third-order valence-corrected chi connectivity index (χ3v) is 7.93. The summed E-state index contributed by atoms with van der Waals surface area (Å²) in [7, 11) is 0. The fourth-order valence-corrected chi connectivity index (χ4v) is 5.85.